The number of hydrogen-bond donors (Lipinski definition) is 0. The molecule has 0 amide bonds. The fourth-order valence-electron chi connectivity index (χ4n) is 7.89. The van der Waals surface area contributed by atoms with Gasteiger partial charge in [0.05, 0.1) is 0 Å². The summed E-state index contributed by atoms with van der Waals surface area (Å²) in [4.78, 5) is 0. The summed E-state index contributed by atoms with van der Waals surface area (Å²) in [5.41, 5.74) is 15.9. The quantitative estimate of drug-likeness (QED) is 0.170. The molecule has 0 unspecified atom stereocenters. The smallest absolute Gasteiger partial charge is 0.0159 e. The van der Waals surface area contributed by atoms with Crippen molar-refractivity contribution in [2.24, 2.45) is 0 Å². The van der Waals surface area contributed by atoms with E-state index in [0.29, 0.717) is 0 Å². The second-order valence-electron chi connectivity index (χ2n) is 16.8. The van der Waals surface area contributed by atoms with Crippen LogP contribution in [0.25, 0.3) is 66.1 Å². The standard InChI is InChI=1S/C49H46/c1-47(2,3)39-15-11-13-32(26-39)36-23-37(33-14-12-16-40(27-33)48(4,5)6)25-38(24-36)34-21-19-31-20-22-35-29-44-41-17-9-10-18-45(41)49(7,8)46(44)30-43(35)42(31)28-34/h9-30H,1-8H3. The summed E-state index contributed by atoms with van der Waals surface area (Å²) in [5, 5.41) is 5.20. The molecule has 0 fully saturated rings. The maximum absolute atomic E-state index is 2.48. The molecule has 0 bridgehead atoms. The average Bonchev–Trinajstić information content (AvgIpc) is 3.31. The fraction of sp³-hybridized carbons (Fsp3) is 0.224. The minimum atomic E-state index is -0.0354. The molecule has 0 aromatic heterocycles. The highest BCUT2D eigenvalue weighted by Crippen LogP contribution is 2.50. The predicted octanol–water partition coefficient (Wildman–Crippen LogP) is 13.9. The van der Waals surface area contributed by atoms with Crippen molar-refractivity contribution in [2.75, 3.05) is 0 Å². The van der Waals surface area contributed by atoms with Gasteiger partial charge in [0, 0.05) is 5.41 Å². The minimum Gasteiger partial charge on any atom is -0.0619 e. The van der Waals surface area contributed by atoms with Crippen LogP contribution in [0.1, 0.15) is 77.6 Å². The monoisotopic (exact) mass is 634 g/mol. The van der Waals surface area contributed by atoms with Crippen molar-refractivity contribution >= 4 is 21.5 Å². The van der Waals surface area contributed by atoms with E-state index in [-0.39, 0.29) is 16.2 Å². The maximum atomic E-state index is 2.48. The molecular formula is C49H46. The van der Waals surface area contributed by atoms with Gasteiger partial charge in [-0.15, -0.1) is 0 Å². The van der Waals surface area contributed by atoms with Crippen molar-refractivity contribution in [1.29, 1.82) is 0 Å². The van der Waals surface area contributed by atoms with E-state index < -0.39 is 0 Å². The third kappa shape index (κ3) is 5.39. The van der Waals surface area contributed by atoms with Crippen LogP contribution in [0.3, 0.4) is 0 Å². The largest absolute Gasteiger partial charge is 0.0619 e. The van der Waals surface area contributed by atoms with E-state index in [2.05, 4.69) is 189 Å². The molecule has 49 heavy (non-hydrogen) atoms. The molecular weight excluding hydrogens is 589 g/mol. The third-order valence-electron chi connectivity index (χ3n) is 10.9. The summed E-state index contributed by atoms with van der Waals surface area (Å²) in [6.07, 6.45) is 0. The van der Waals surface area contributed by atoms with E-state index in [0.717, 1.165) is 0 Å². The first-order valence-electron chi connectivity index (χ1n) is 17.8. The lowest BCUT2D eigenvalue weighted by Crippen LogP contribution is -2.14. The molecule has 0 N–H and O–H groups in total. The first kappa shape index (κ1) is 31.3. The summed E-state index contributed by atoms with van der Waals surface area (Å²) in [6.45, 7) is 18.5. The number of hydrogen-bond acceptors (Lipinski definition) is 0. The van der Waals surface area contributed by atoms with Gasteiger partial charge >= 0.3 is 0 Å². The molecule has 7 aromatic rings. The van der Waals surface area contributed by atoms with E-state index in [1.807, 2.05) is 0 Å². The Kier molecular flexibility index (Phi) is 7.06. The lowest BCUT2D eigenvalue weighted by Gasteiger charge is -2.22. The van der Waals surface area contributed by atoms with Crippen LogP contribution in [0, 0.1) is 0 Å². The second kappa shape index (κ2) is 11.0. The van der Waals surface area contributed by atoms with E-state index >= 15 is 0 Å². The minimum absolute atomic E-state index is 0.0354. The van der Waals surface area contributed by atoms with Gasteiger partial charge in [0.15, 0.2) is 0 Å². The molecule has 7 aromatic carbocycles. The zero-order chi connectivity index (χ0) is 34.3. The van der Waals surface area contributed by atoms with Crippen molar-refractivity contribution in [3.05, 3.63) is 156 Å². The molecule has 0 radical (unpaired) electrons. The van der Waals surface area contributed by atoms with Crippen LogP contribution in [-0.2, 0) is 16.2 Å². The molecule has 0 heterocycles. The van der Waals surface area contributed by atoms with Crippen molar-refractivity contribution < 1.29 is 0 Å². The number of fused-ring (bicyclic) bond motifs is 6. The van der Waals surface area contributed by atoms with Gasteiger partial charge in [0.25, 0.3) is 0 Å². The van der Waals surface area contributed by atoms with Crippen LogP contribution in [-0.4, -0.2) is 0 Å². The van der Waals surface area contributed by atoms with Gasteiger partial charge in [0.1, 0.15) is 0 Å². The van der Waals surface area contributed by atoms with E-state index in [1.54, 1.807) is 0 Å². The zero-order valence-corrected chi connectivity index (χ0v) is 30.2. The first-order valence-corrected chi connectivity index (χ1v) is 17.8. The van der Waals surface area contributed by atoms with Gasteiger partial charge in [-0.3, -0.25) is 0 Å². The summed E-state index contributed by atoms with van der Waals surface area (Å²) in [6, 6.07) is 50.8. The Bertz CT molecular complexity index is 2340. The first-order chi connectivity index (χ1) is 23.3. The number of benzene rings is 7. The van der Waals surface area contributed by atoms with Crippen molar-refractivity contribution in [2.45, 2.75) is 71.6 Å². The van der Waals surface area contributed by atoms with E-state index in [1.165, 1.54) is 88.3 Å². The van der Waals surface area contributed by atoms with Crippen molar-refractivity contribution in [3.63, 3.8) is 0 Å². The second-order valence-corrected chi connectivity index (χ2v) is 16.8. The number of rotatable bonds is 3. The Balaban J connectivity index is 1.33. The average molecular weight is 635 g/mol. The van der Waals surface area contributed by atoms with Gasteiger partial charge in [-0.2, -0.15) is 0 Å². The highest BCUT2D eigenvalue weighted by molar-refractivity contribution is 6.11. The van der Waals surface area contributed by atoms with Gasteiger partial charge in [-0.1, -0.05) is 152 Å². The van der Waals surface area contributed by atoms with Crippen LogP contribution in [0.15, 0.2) is 133 Å². The van der Waals surface area contributed by atoms with Gasteiger partial charge in [-0.25, -0.2) is 0 Å². The van der Waals surface area contributed by atoms with Crippen molar-refractivity contribution in [1.82, 2.24) is 0 Å². The molecule has 0 saturated carbocycles. The van der Waals surface area contributed by atoms with Crippen LogP contribution in [0.2, 0.25) is 0 Å². The van der Waals surface area contributed by atoms with E-state index in [4.69, 9.17) is 0 Å². The molecule has 0 nitrogen and oxygen atoms in total. The SMILES string of the molecule is CC(C)(C)c1cccc(-c2cc(-c3cccc(C(C)(C)C)c3)cc(-c3ccc4ccc5cc6c(cc5c4c3)C(C)(C)c3ccccc3-6)c2)c1. The highest BCUT2D eigenvalue weighted by atomic mass is 14.4. The van der Waals surface area contributed by atoms with Crippen LogP contribution in [0.5, 0.6) is 0 Å². The molecule has 0 aliphatic heterocycles. The van der Waals surface area contributed by atoms with Gasteiger partial charge in [0.2, 0.25) is 0 Å². The van der Waals surface area contributed by atoms with Crippen molar-refractivity contribution in [3.8, 4) is 44.5 Å². The predicted molar refractivity (Wildman–Crippen MR) is 213 cm³/mol. The third-order valence-corrected chi connectivity index (χ3v) is 10.9. The Labute approximate surface area is 292 Å². The molecule has 8 rings (SSSR count). The van der Waals surface area contributed by atoms with Crippen LogP contribution < -0.4 is 0 Å². The Hall–Kier alpha value is -4.94. The molecule has 1 aliphatic rings. The summed E-state index contributed by atoms with van der Waals surface area (Å²) in [5.74, 6) is 0. The lowest BCUT2D eigenvalue weighted by molar-refractivity contribution is 0.590. The lowest BCUT2D eigenvalue weighted by atomic mass is 9.81. The topological polar surface area (TPSA) is 0 Å². The van der Waals surface area contributed by atoms with E-state index in [9.17, 15) is 0 Å². The van der Waals surface area contributed by atoms with Gasteiger partial charge < -0.3 is 0 Å². The molecule has 0 atom stereocenters. The highest BCUT2D eigenvalue weighted by Gasteiger charge is 2.35. The fourth-order valence-corrected chi connectivity index (χ4v) is 7.89. The Morgan fingerprint density at radius 1 is 0.367 bits per heavy atom. The summed E-state index contributed by atoms with van der Waals surface area (Å²) >= 11 is 0. The summed E-state index contributed by atoms with van der Waals surface area (Å²) < 4.78 is 0. The molecule has 1 aliphatic carbocycles. The Morgan fingerprint density at radius 2 is 0.878 bits per heavy atom. The Morgan fingerprint density at radius 3 is 1.47 bits per heavy atom. The molecule has 0 saturated heterocycles. The molecule has 242 valence electrons. The van der Waals surface area contributed by atoms with Gasteiger partial charge in [-0.05, 0) is 136 Å². The zero-order valence-electron chi connectivity index (χ0n) is 30.2. The molecule has 0 spiro atoms. The maximum Gasteiger partial charge on any atom is 0.0159 e. The normalized spacial score (nSPS) is 13.9. The van der Waals surface area contributed by atoms with Crippen LogP contribution >= 0.6 is 0 Å². The molecule has 0 heteroatoms. The summed E-state index contributed by atoms with van der Waals surface area (Å²) in [7, 11) is 0. The van der Waals surface area contributed by atoms with Crippen LogP contribution in [0.4, 0.5) is 0 Å².